The Morgan fingerprint density at radius 1 is 1.20 bits per heavy atom. The van der Waals surface area contributed by atoms with Gasteiger partial charge in [-0.2, -0.15) is 5.26 Å². The molecule has 0 aliphatic rings. The quantitative estimate of drug-likeness (QED) is 0.723. The highest BCUT2D eigenvalue weighted by molar-refractivity contribution is 5.81. The predicted octanol–water partition coefficient (Wildman–Crippen LogP) is 3.28. The summed E-state index contributed by atoms with van der Waals surface area (Å²) < 4.78 is 15.7. The van der Waals surface area contributed by atoms with Gasteiger partial charge < -0.3 is 10.3 Å². The van der Waals surface area contributed by atoms with Gasteiger partial charge in [-0.15, -0.1) is 0 Å². The fourth-order valence-electron chi connectivity index (χ4n) is 2.32. The number of nitriles is 1. The van der Waals surface area contributed by atoms with Gasteiger partial charge in [0.05, 0.1) is 18.2 Å². The highest BCUT2D eigenvalue weighted by atomic mass is 19.1. The van der Waals surface area contributed by atoms with Gasteiger partial charge in [0.1, 0.15) is 5.82 Å². The van der Waals surface area contributed by atoms with Crippen LogP contribution in [0.25, 0.3) is 10.9 Å². The summed E-state index contributed by atoms with van der Waals surface area (Å²) in [5, 5.41) is 9.85. The predicted molar refractivity (Wildman–Crippen MR) is 76.6 cm³/mol. The van der Waals surface area contributed by atoms with Crippen molar-refractivity contribution in [3.63, 3.8) is 0 Å². The summed E-state index contributed by atoms with van der Waals surface area (Å²) in [5.41, 5.74) is 8.32. The van der Waals surface area contributed by atoms with Crippen molar-refractivity contribution in [2.75, 3.05) is 5.73 Å². The van der Waals surface area contributed by atoms with Crippen molar-refractivity contribution in [3.8, 4) is 6.07 Å². The summed E-state index contributed by atoms with van der Waals surface area (Å²) in [6.45, 7) is 0.369. The van der Waals surface area contributed by atoms with E-state index < -0.39 is 0 Å². The van der Waals surface area contributed by atoms with E-state index in [4.69, 9.17) is 11.0 Å². The number of benzene rings is 2. The molecule has 0 aliphatic carbocycles. The third kappa shape index (κ3) is 1.99. The Bertz CT molecular complexity index is 807. The fraction of sp³-hybridized carbons (Fsp3) is 0.0625. The Morgan fingerprint density at radius 3 is 2.80 bits per heavy atom. The smallest absolute Gasteiger partial charge is 0.130 e. The molecule has 3 nitrogen and oxygen atoms in total. The topological polar surface area (TPSA) is 54.7 Å². The van der Waals surface area contributed by atoms with Crippen LogP contribution in [0.4, 0.5) is 10.1 Å². The van der Waals surface area contributed by atoms with Crippen LogP contribution in [0.5, 0.6) is 0 Å². The number of rotatable bonds is 2. The zero-order chi connectivity index (χ0) is 14.1. The van der Waals surface area contributed by atoms with E-state index >= 15 is 0 Å². The Hall–Kier alpha value is -2.80. The Kier molecular flexibility index (Phi) is 2.88. The van der Waals surface area contributed by atoms with Crippen molar-refractivity contribution < 1.29 is 4.39 Å². The summed E-state index contributed by atoms with van der Waals surface area (Å²) >= 11 is 0. The molecule has 2 N–H and O–H groups in total. The van der Waals surface area contributed by atoms with E-state index in [9.17, 15) is 4.39 Å². The highest BCUT2D eigenvalue weighted by Crippen LogP contribution is 2.22. The minimum absolute atomic E-state index is 0.305. The molecule has 3 aromatic rings. The second-order valence-electron chi connectivity index (χ2n) is 4.64. The molecule has 1 aromatic heterocycles. The number of halogens is 1. The zero-order valence-corrected chi connectivity index (χ0v) is 10.7. The lowest BCUT2D eigenvalue weighted by Crippen LogP contribution is -2.04. The molecule has 0 amide bonds. The number of hydrogen-bond donors (Lipinski definition) is 1. The van der Waals surface area contributed by atoms with Crippen LogP contribution in [0.1, 0.15) is 11.1 Å². The zero-order valence-electron chi connectivity index (χ0n) is 10.7. The highest BCUT2D eigenvalue weighted by Gasteiger charge is 2.09. The number of nitrogens with zero attached hydrogens (tertiary/aromatic N) is 2. The van der Waals surface area contributed by atoms with E-state index in [1.807, 2.05) is 29.0 Å². The summed E-state index contributed by atoms with van der Waals surface area (Å²) in [5.74, 6) is -0.305. The van der Waals surface area contributed by atoms with Crippen molar-refractivity contribution in [2.24, 2.45) is 0 Å². The maximum absolute atomic E-state index is 13.8. The number of fused-ring (bicyclic) bond motifs is 1. The lowest BCUT2D eigenvalue weighted by atomic mass is 10.1. The van der Waals surface area contributed by atoms with Crippen LogP contribution in [0.15, 0.2) is 48.7 Å². The summed E-state index contributed by atoms with van der Waals surface area (Å²) in [6.07, 6.45) is 1.87. The van der Waals surface area contributed by atoms with Gasteiger partial charge in [-0.3, -0.25) is 0 Å². The van der Waals surface area contributed by atoms with E-state index in [1.165, 1.54) is 6.07 Å². The lowest BCUT2D eigenvalue weighted by molar-refractivity contribution is 0.603. The normalized spacial score (nSPS) is 10.6. The molecule has 20 heavy (non-hydrogen) atoms. The number of hydrogen-bond acceptors (Lipinski definition) is 2. The van der Waals surface area contributed by atoms with Gasteiger partial charge in [0, 0.05) is 28.4 Å². The molecule has 0 atom stereocenters. The maximum atomic E-state index is 13.8. The largest absolute Gasteiger partial charge is 0.398 e. The Labute approximate surface area is 115 Å². The summed E-state index contributed by atoms with van der Waals surface area (Å²) in [6, 6.07) is 14.2. The molecule has 0 aliphatic heterocycles. The number of anilines is 1. The number of nitrogen functional groups attached to an aromatic ring is 1. The SMILES string of the molecule is N#Cc1ccc2c(ccn2Cc2c(N)cccc2F)c1. The van der Waals surface area contributed by atoms with Gasteiger partial charge in [0.25, 0.3) is 0 Å². The van der Waals surface area contributed by atoms with E-state index in [-0.39, 0.29) is 5.82 Å². The lowest BCUT2D eigenvalue weighted by Gasteiger charge is -2.09. The number of aromatic nitrogens is 1. The molecule has 1 heterocycles. The van der Waals surface area contributed by atoms with Crippen molar-refractivity contribution in [1.82, 2.24) is 4.57 Å². The minimum atomic E-state index is -0.305. The van der Waals surface area contributed by atoms with Crippen LogP contribution >= 0.6 is 0 Å². The number of nitrogens with two attached hydrogens (primary N) is 1. The summed E-state index contributed by atoms with van der Waals surface area (Å²) in [7, 11) is 0. The second-order valence-corrected chi connectivity index (χ2v) is 4.64. The van der Waals surface area contributed by atoms with Gasteiger partial charge in [-0.25, -0.2) is 4.39 Å². The van der Waals surface area contributed by atoms with E-state index in [0.717, 1.165) is 10.9 Å². The third-order valence-electron chi connectivity index (χ3n) is 3.38. The molecule has 2 aromatic carbocycles. The van der Waals surface area contributed by atoms with E-state index in [2.05, 4.69) is 6.07 Å². The van der Waals surface area contributed by atoms with Crippen LogP contribution in [0, 0.1) is 17.1 Å². The maximum Gasteiger partial charge on any atom is 0.130 e. The van der Waals surface area contributed by atoms with Crippen molar-refractivity contribution >= 4 is 16.6 Å². The molecule has 3 rings (SSSR count). The van der Waals surface area contributed by atoms with Crippen LogP contribution in [0.3, 0.4) is 0 Å². The first kappa shape index (κ1) is 12.2. The van der Waals surface area contributed by atoms with Crippen molar-refractivity contribution in [2.45, 2.75) is 6.54 Å². The molecule has 0 saturated carbocycles. The second kappa shape index (κ2) is 4.71. The molecular weight excluding hydrogens is 253 g/mol. The molecular formula is C16H12FN3. The third-order valence-corrected chi connectivity index (χ3v) is 3.38. The summed E-state index contributed by atoms with van der Waals surface area (Å²) in [4.78, 5) is 0. The molecule has 0 fully saturated rings. The van der Waals surface area contributed by atoms with Crippen molar-refractivity contribution in [1.29, 1.82) is 5.26 Å². The average molecular weight is 265 g/mol. The Balaban J connectivity index is 2.06. The molecule has 4 heteroatoms. The molecule has 0 saturated heterocycles. The van der Waals surface area contributed by atoms with E-state index in [1.54, 1.807) is 18.2 Å². The molecule has 0 spiro atoms. The first-order valence-corrected chi connectivity index (χ1v) is 6.21. The monoisotopic (exact) mass is 265 g/mol. The average Bonchev–Trinajstić information content (AvgIpc) is 2.85. The molecule has 0 radical (unpaired) electrons. The Morgan fingerprint density at radius 2 is 2.05 bits per heavy atom. The van der Waals surface area contributed by atoms with Crippen LogP contribution in [-0.2, 0) is 6.54 Å². The van der Waals surface area contributed by atoms with Gasteiger partial charge in [0.15, 0.2) is 0 Å². The molecule has 0 bridgehead atoms. The first-order valence-electron chi connectivity index (χ1n) is 6.21. The molecule has 0 unspecified atom stereocenters. The van der Waals surface area contributed by atoms with Crippen LogP contribution < -0.4 is 5.73 Å². The van der Waals surface area contributed by atoms with Crippen molar-refractivity contribution in [3.05, 3.63) is 65.6 Å². The first-order chi connectivity index (χ1) is 9.69. The van der Waals surface area contributed by atoms with E-state index in [0.29, 0.717) is 23.4 Å². The van der Waals surface area contributed by atoms with Crippen LogP contribution in [-0.4, -0.2) is 4.57 Å². The standard InChI is InChI=1S/C16H12FN3/c17-14-2-1-3-15(19)13(14)10-20-7-6-12-8-11(9-18)4-5-16(12)20/h1-8H,10,19H2. The van der Waals surface area contributed by atoms with Gasteiger partial charge >= 0.3 is 0 Å². The minimum Gasteiger partial charge on any atom is -0.398 e. The van der Waals surface area contributed by atoms with Gasteiger partial charge in [-0.05, 0) is 36.4 Å². The fourth-order valence-corrected chi connectivity index (χ4v) is 2.32. The van der Waals surface area contributed by atoms with Crippen LogP contribution in [0.2, 0.25) is 0 Å². The molecule has 98 valence electrons. The van der Waals surface area contributed by atoms with Gasteiger partial charge in [-0.1, -0.05) is 6.07 Å². The van der Waals surface area contributed by atoms with Gasteiger partial charge in [0.2, 0.25) is 0 Å².